The Morgan fingerprint density at radius 2 is 1.92 bits per heavy atom. The highest BCUT2D eigenvalue weighted by molar-refractivity contribution is 9.10. The number of nitrogens with zero attached hydrogens (tertiary/aromatic N) is 2. The lowest BCUT2D eigenvalue weighted by Crippen LogP contribution is -2.08. The van der Waals surface area contributed by atoms with E-state index in [1.807, 2.05) is 65.5 Å². The van der Waals surface area contributed by atoms with Crippen molar-refractivity contribution in [3.8, 4) is 0 Å². The molecule has 2 aromatic carbocycles. The molecule has 1 aromatic heterocycles. The van der Waals surface area contributed by atoms with Crippen molar-refractivity contribution in [3.05, 3.63) is 88.7 Å². The number of aromatic nitrogens is 2. The number of hydrogen-bond acceptors (Lipinski definition) is 2. The maximum Gasteiger partial charge on any atom is 0.248 e. The maximum absolute atomic E-state index is 12.0. The van der Waals surface area contributed by atoms with E-state index in [-0.39, 0.29) is 5.91 Å². The molecule has 3 rings (SSSR count). The van der Waals surface area contributed by atoms with Gasteiger partial charge in [0.15, 0.2) is 0 Å². The molecule has 0 fully saturated rings. The van der Waals surface area contributed by atoms with E-state index < -0.39 is 0 Å². The van der Waals surface area contributed by atoms with Crippen molar-refractivity contribution < 1.29 is 4.79 Å². The summed E-state index contributed by atoms with van der Waals surface area (Å²) in [6.07, 6.45) is 6.98. The number of halogens is 1. The molecule has 24 heavy (non-hydrogen) atoms. The van der Waals surface area contributed by atoms with E-state index in [1.54, 1.807) is 12.3 Å². The molecule has 0 atom stereocenters. The molecular formula is C19H16BrN3O. The summed E-state index contributed by atoms with van der Waals surface area (Å²) < 4.78 is 2.81. The summed E-state index contributed by atoms with van der Waals surface area (Å²) in [6.45, 7) is 0.711. The van der Waals surface area contributed by atoms with E-state index in [2.05, 4.69) is 26.3 Å². The maximum atomic E-state index is 12.0. The van der Waals surface area contributed by atoms with Crippen LogP contribution in [0.3, 0.4) is 0 Å². The lowest BCUT2D eigenvalue weighted by Gasteiger charge is -2.05. The van der Waals surface area contributed by atoms with Crippen molar-refractivity contribution in [2.24, 2.45) is 0 Å². The molecule has 0 saturated carbocycles. The van der Waals surface area contributed by atoms with E-state index >= 15 is 0 Å². The van der Waals surface area contributed by atoms with E-state index in [1.165, 1.54) is 6.08 Å². The van der Waals surface area contributed by atoms with Gasteiger partial charge in [0.1, 0.15) is 0 Å². The Bertz CT molecular complexity index is 839. The van der Waals surface area contributed by atoms with Gasteiger partial charge in [-0.3, -0.25) is 9.48 Å². The number of amides is 1. The number of benzene rings is 2. The second-order valence-corrected chi connectivity index (χ2v) is 6.10. The summed E-state index contributed by atoms with van der Waals surface area (Å²) in [6, 6.07) is 17.4. The van der Waals surface area contributed by atoms with E-state index in [9.17, 15) is 4.79 Å². The Hall–Kier alpha value is -2.66. The lowest BCUT2D eigenvalue weighted by molar-refractivity contribution is -0.111. The molecule has 0 unspecified atom stereocenters. The summed E-state index contributed by atoms with van der Waals surface area (Å²) in [7, 11) is 0. The highest BCUT2D eigenvalue weighted by atomic mass is 79.9. The summed E-state index contributed by atoms with van der Waals surface area (Å²) in [5.41, 5.74) is 2.85. The molecule has 0 radical (unpaired) electrons. The van der Waals surface area contributed by atoms with Crippen LogP contribution < -0.4 is 5.32 Å². The van der Waals surface area contributed by atoms with E-state index in [0.29, 0.717) is 6.54 Å². The summed E-state index contributed by atoms with van der Waals surface area (Å²) in [4.78, 5) is 12.0. The van der Waals surface area contributed by atoms with Crippen molar-refractivity contribution in [3.63, 3.8) is 0 Å². The van der Waals surface area contributed by atoms with Crippen LogP contribution in [0.25, 0.3) is 6.08 Å². The van der Waals surface area contributed by atoms with Gasteiger partial charge in [-0.05, 0) is 41.5 Å². The minimum Gasteiger partial charge on any atom is -0.323 e. The van der Waals surface area contributed by atoms with Gasteiger partial charge >= 0.3 is 0 Å². The molecule has 0 saturated heterocycles. The Labute approximate surface area is 149 Å². The normalized spacial score (nSPS) is 10.9. The summed E-state index contributed by atoms with van der Waals surface area (Å²) in [5, 5.41) is 7.03. The number of anilines is 1. The first-order chi connectivity index (χ1) is 11.7. The zero-order valence-electron chi connectivity index (χ0n) is 12.9. The largest absolute Gasteiger partial charge is 0.323 e. The average Bonchev–Trinajstić information content (AvgIpc) is 3.09. The second kappa shape index (κ2) is 7.75. The number of nitrogens with one attached hydrogen (secondary N) is 1. The smallest absolute Gasteiger partial charge is 0.248 e. The Balaban J connectivity index is 1.59. The number of carbonyl (C=O) groups excluding carboxylic acids is 1. The van der Waals surface area contributed by atoms with Crippen molar-refractivity contribution in [1.29, 1.82) is 0 Å². The fourth-order valence-corrected chi connectivity index (χ4v) is 2.65. The van der Waals surface area contributed by atoms with E-state index in [0.717, 1.165) is 21.3 Å². The van der Waals surface area contributed by atoms with Crippen LogP contribution in [0.5, 0.6) is 0 Å². The van der Waals surface area contributed by atoms with Gasteiger partial charge in [0.05, 0.1) is 6.54 Å². The first kappa shape index (κ1) is 16.2. The summed E-state index contributed by atoms with van der Waals surface area (Å²) in [5.74, 6) is -0.162. The first-order valence-corrected chi connectivity index (χ1v) is 8.30. The zero-order chi connectivity index (χ0) is 16.8. The quantitative estimate of drug-likeness (QED) is 0.667. The van der Waals surface area contributed by atoms with Gasteiger partial charge in [0.2, 0.25) is 5.91 Å². The average molecular weight is 382 g/mol. The Morgan fingerprint density at radius 3 is 2.62 bits per heavy atom. The molecule has 0 aliphatic heterocycles. The number of carbonyl (C=O) groups is 1. The minimum atomic E-state index is -0.162. The third-order valence-electron chi connectivity index (χ3n) is 3.44. The zero-order valence-corrected chi connectivity index (χ0v) is 14.5. The molecule has 4 nitrogen and oxygen atoms in total. The van der Waals surface area contributed by atoms with E-state index in [4.69, 9.17) is 0 Å². The van der Waals surface area contributed by atoms with Crippen molar-refractivity contribution in [1.82, 2.24) is 9.78 Å². The molecule has 0 bridgehead atoms. The van der Waals surface area contributed by atoms with Gasteiger partial charge in [0, 0.05) is 28.6 Å². The van der Waals surface area contributed by atoms with Gasteiger partial charge in [-0.1, -0.05) is 46.3 Å². The van der Waals surface area contributed by atoms with Crippen LogP contribution in [0.15, 0.2) is 77.5 Å². The third-order valence-corrected chi connectivity index (χ3v) is 4.17. The molecular weight excluding hydrogens is 366 g/mol. The molecule has 120 valence electrons. The molecule has 0 aliphatic rings. The molecule has 1 amide bonds. The van der Waals surface area contributed by atoms with Crippen LogP contribution >= 0.6 is 15.9 Å². The molecule has 1 heterocycles. The van der Waals surface area contributed by atoms with Crippen LogP contribution in [0.4, 0.5) is 5.69 Å². The standard InChI is InChI=1S/C19H16BrN3O/c20-18-5-2-1-4-16(18)8-11-19(24)22-17-9-6-15(7-10-17)14-23-13-3-12-21-23/h1-13H,14H2,(H,22,24). The van der Waals surface area contributed by atoms with Crippen LogP contribution in [-0.4, -0.2) is 15.7 Å². The molecule has 5 heteroatoms. The molecule has 0 spiro atoms. The first-order valence-electron chi connectivity index (χ1n) is 7.51. The molecule has 0 aliphatic carbocycles. The van der Waals surface area contributed by atoms with Crippen molar-refractivity contribution in [2.75, 3.05) is 5.32 Å². The predicted octanol–water partition coefficient (Wildman–Crippen LogP) is 4.35. The van der Waals surface area contributed by atoms with Crippen LogP contribution in [-0.2, 0) is 11.3 Å². The monoisotopic (exact) mass is 381 g/mol. The highest BCUT2D eigenvalue weighted by Gasteiger charge is 2.00. The van der Waals surface area contributed by atoms with Crippen molar-refractivity contribution >= 4 is 33.6 Å². The molecule has 1 N–H and O–H groups in total. The highest BCUT2D eigenvalue weighted by Crippen LogP contribution is 2.17. The van der Waals surface area contributed by atoms with Gasteiger partial charge in [-0.15, -0.1) is 0 Å². The Morgan fingerprint density at radius 1 is 1.12 bits per heavy atom. The van der Waals surface area contributed by atoms with Gasteiger partial charge < -0.3 is 5.32 Å². The SMILES string of the molecule is O=C(C=Cc1ccccc1Br)Nc1ccc(Cn2cccn2)cc1. The van der Waals surface area contributed by atoms with Gasteiger partial charge in [-0.25, -0.2) is 0 Å². The third kappa shape index (κ3) is 4.43. The topological polar surface area (TPSA) is 46.9 Å². The fourth-order valence-electron chi connectivity index (χ4n) is 2.23. The van der Waals surface area contributed by atoms with Crippen LogP contribution in [0, 0.1) is 0 Å². The summed E-state index contributed by atoms with van der Waals surface area (Å²) >= 11 is 3.46. The van der Waals surface area contributed by atoms with Crippen LogP contribution in [0.2, 0.25) is 0 Å². The minimum absolute atomic E-state index is 0.162. The Kier molecular flexibility index (Phi) is 5.23. The number of rotatable bonds is 5. The number of hydrogen-bond donors (Lipinski definition) is 1. The van der Waals surface area contributed by atoms with Gasteiger partial charge in [-0.2, -0.15) is 5.10 Å². The lowest BCUT2D eigenvalue weighted by atomic mass is 10.2. The second-order valence-electron chi connectivity index (χ2n) is 5.24. The van der Waals surface area contributed by atoms with Gasteiger partial charge in [0.25, 0.3) is 0 Å². The van der Waals surface area contributed by atoms with Crippen molar-refractivity contribution in [2.45, 2.75) is 6.54 Å². The fraction of sp³-hybridized carbons (Fsp3) is 0.0526. The van der Waals surface area contributed by atoms with Crippen LogP contribution in [0.1, 0.15) is 11.1 Å². The predicted molar refractivity (Wildman–Crippen MR) is 99.6 cm³/mol. The molecule has 3 aromatic rings.